The lowest BCUT2D eigenvalue weighted by molar-refractivity contribution is 0.0964. The maximum atomic E-state index is 12.4. The Hall–Kier alpha value is -3.34. The molecule has 2 aromatic carbocycles. The highest BCUT2D eigenvalue weighted by molar-refractivity contribution is 6.05. The number of aromatic nitrogens is 1. The third kappa shape index (κ3) is 3.17. The first-order chi connectivity index (χ1) is 12.2. The Morgan fingerprint density at radius 1 is 1.08 bits per heavy atom. The summed E-state index contributed by atoms with van der Waals surface area (Å²) in [4.78, 5) is 24.1. The average molecular weight is 331 g/mol. The van der Waals surface area contributed by atoms with Crippen molar-refractivity contribution in [2.45, 2.75) is 13.1 Å². The summed E-state index contributed by atoms with van der Waals surface area (Å²) in [5.74, 6) is -0.286. The van der Waals surface area contributed by atoms with Gasteiger partial charge in [0.15, 0.2) is 0 Å². The number of carbonyl (C=O) groups is 2. The van der Waals surface area contributed by atoms with Crippen LogP contribution in [-0.2, 0) is 13.1 Å². The third-order valence-electron chi connectivity index (χ3n) is 4.30. The molecule has 1 aliphatic heterocycles. The maximum absolute atomic E-state index is 12.4. The van der Waals surface area contributed by atoms with E-state index in [0.717, 1.165) is 17.7 Å². The maximum Gasteiger partial charge on any atom is 0.255 e. The molecular formula is C20H17N3O2. The standard InChI is InChI=1S/C20H17N3O2/c24-19(22-17-8-7-16-12-21-20(25)18(16)11-17)15-5-3-14(4-6-15)13-23-9-1-2-10-23/h1-11H,12-13H2,(H,21,25)(H,22,24). The minimum atomic E-state index is -0.189. The largest absolute Gasteiger partial charge is 0.350 e. The molecule has 1 aliphatic rings. The number of hydrogen-bond acceptors (Lipinski definition) is 2. The number of rotatable bonds is 4. The van der Waals surface area contributed by atoms with E-state index in [1.54, 1.807) is 6.07 Å². The van der Waals surface area contributed by atoms with E-state index in [-0.39, 0.29) is 11.8 Å². The topological polar surface area (TPSA) is 63.1 Å². The first-order valence-corrected chi connectivity index (χ1v) is 8.11. The van der Waals surface area contributed by atoms with Crippen molar-refractivity contribution in [3.8, 4) is 0 Å². The zero-order chi connectivity index (χ0) is 17.2. The van der Waals surface area contributed by atoms with Crippen LogP contribution in [0.15, 0.2) is 67.0 Å². The van der Waals surface area contributed by atoms with Gasteiger partial charge in [-0.05, 0) is 47.5 Å². The number of benzene rings is 2. The number of anilines is 1. The van der Waals surface area contributed by atoms with Crippen molar-refractivity contribution < 1.29 is 9.59 Å². The van der Waals surface area contributed by atoms with E-state index < -0.39 is 0 Å². The second kappa shape index (κ2) is 6.28. The van der Waals surface area contributed by atoms with Gasteiger partial charge in [-0.25, -0.2) is 0 Å². The van der Waals surface area contributed by atoms with Crippen LogP contribution in [0.4, 0.5) is 5.69 Å². The number of fused-ring (bicyclic) bond motifs is 1. The van der Waals surface area contributed by atoms with Gasteiger partial charge in [-0.1, -0.05) is 18.2 Å². The molecule has 0 saturated carbocycles. The Labute approximate surface area is 145 Å². The van der Waals surface area contributed by atoms with Gasteiger partial charge < -0.3 is 15.2 Å². The lowest BCUT2D eigenvalue weighted by atomic mass is 10.1. The molecule has 2 amide bonds. The van der Waals surface area contributed by atoms with Crippen molar-refractivity contribution in [3.63, 3.8) is 0 Å². The van der Waals surface area contributed by atoms with Crippen molar-refractivity contribution in [2.24, 2.45) is 0 Å². The van der Waals surface area contributed by atoms with Crippen molar-refractivity contribution in [1.29, 1.82) is 0 Å². The molecule has 1 aromatic heterocycles. The molecule has 0 bridgehead atoms. The third-order valence-corrected chi connectivity index (χ3v) is 4.30. The van der Waals surface area contributed by atoms with E-state index in [1.807, 2.05) is 60.9 Å². The first kappa shape index (κ1) is 15.2. The van der Waals surface area contributed by atoms with E-state index in [0.29, 0.717) is 23.4 Å². The predicted octanol–water partition coefficient (Wildman–Crippen LogP) is 3.03. The molecule has 0 radical (unpaired) electrons. The van der Waals surface area contributed by atoms with Crippen LogP contribution in [0.5, 0.6) is 0 Å². The zero-order valence-corrected chi connectivity index (χ0v) is 13.5. The summed E-state index contributed by atoms with van der Waals surface area (Å²) in [6.07, 6.45) is 4.01. The lowest BCUT2D eigenvalue weighted by Gasteiger charge is -2.08. The van der Waals surface area contributed by atoms with Crippen molar-refractivity contribution in [1.82, 2.24) is 9.88 Å². The summed E-state index contributed by atoms with van der Waals surface area (Å²) < 4.78 is 2.07. The molecule has 2 heterocycles. The molecule has 5 heteroatoms. The normalized spacial score (nSPS) is 12.6. The van der Waals surface area contributed by atoms with Gasteiger partial charge in [0.25, 0.3) is 11.8 Å². The van der Waals surface area contributed by atoms with E-state index >= 15 is 0 Å². The fourth-order valence-electron chi connectivity index (χ4n) is 2.94. The van der Waals surface area contributed by atoms with Crippen LogP contribution in [0, 0.1) is 0 Å². The monoisotopic (exact) mass is 331 g/mol. The van der Waals surface area contributed by atoms with Crippen molar-refractivity contribution in [2.75, 3.05) is 5.32 Å². The molecule has 0 aliphatic carbocycles. The summed E-state index contributed by atoms with van der Waals surface area (Å²) in [7, 11) is 0. The molecule has 3 aromatic rings. The minimum absolute atomic E-state index is 0.0968. The fourth-order valence-corrected chi connectivity index (χ4v) is 2.94. The highest BCUT2D eigenvalue weighted by Crippen LogP contribution is 2.20. The van der Waals surface area contributed by atoms with E-state index in [4.69, 9.17) is 0 Å². The predicted molar refractivity (Wildman–Crippen MR) is 95.5 cm³/mol. The van der Waals surface area contributed by atoms with Gasteiger partial charge >= 0.3 is 0 Å². The summed E-state index contributed by atoms with van der Waals surface area (Å²) in [5.41, 5.74) is 3.91. The summed E-state index contributed by atoms with van der Waals surface area (Å²) >= 11 is 0. The Balaban J connectivity index is 1.46. The second-order valence-electron chi connectivity index (χ2n) is 6.06. The van der Waals surface area contributed by atoms with Crippen LogP contribution in [0.2, 0.25) is 0 Å². The Bertz CT molecular complexity index is 928. The van der Waals surface area contributed by atoms with Crippen molar-refractivity contribution >= 4 is 17.5 Å². The van der Waals surface area contributed by atoms with Gasteiger partial charge in [0.1, 0.15) is 0 Å². The fraction of sp³-hybridized carbons (Fsp3) is 0.100. The summed E-state index contributed by atoms with van der Waals surface area (Å²) in [5, 5.41) is 5.62. The smallest absolute Gasteiger partial charge is 0.255 e. The number of amides is 2. The van der Waals surface area contributed by atoms with Gasteiger partial charge in [-0.2, -0.15) is 0 Å². The minimum Gasteiger partial charge on any atom is -0.350 e. The van der Waals surface area contributed by atoms with Gasteiger partial charge in [0, 0.05) is 42.3 Å². The molecule has 0 spiro atoms. The summed E-state index contributed by atoms with van der Waals surface area (Å²) in [6.45, 7) is 1.32. The van der Waals surface area contributed by atoms with Crippen LogP contribution in [0.25, 0.3) is 0 Å². The van der Waals surface area contributed by atoms with Gasteiger partial charge in [0.05, 0.1) is 0 Å². The number of nitrogens with zero attached hydrogens (tertiary/aromatic N) is 1. The van der Waals surface area contributed by atoms with Gasteiger partial charge in [0.2, 0.25) is 0 Å². The van der Waals surface area contributed by atoms with E-state index in [2.05, 4.69) is 15.2 Å². The highest BCUT2D eigenvalue weighted by atomic mass is 16.2. The molecule has 0 fully saturated rings. The second-order valence-corrected chi connectivity index (χ2v) is 6.06. The summed E-state index contributed by atoms with van der Waals surface area (Å²) in [6, 6.07) is 16.9. The molecule has 0 saturated heterocycles. The highest BCUT2D eigenvalue weighted by Gasteiger charge is 2.19. The van der Waals surface area contributed by atoms with Crippen molar-refractivity contribution in [3.05, 3.63) is 89.2 Å². The Morgan fingerprint density at radius 3 is 2.60 bits per heavy atom. The lowest BCUT2D eigenvalue weighted by Crippen LogP contribution is -2.14. The van der Waals surface area contributed by atoms with Crippen LogP contribution >= 0.6 is 0 Å². The molecule has 124 valence electrons. The number of carbonyl (C=O) groups excluding carboxylic acids is 2. The van der Waals surface area contributed by atoms with Crippen LogP contribution in [-0.4, -0.2) is 16.4 Å². The van der Waals surface area contributed by atoms with Gasteiger partial charge in [-0.15, -0.1) is 0 Å². The molecule has 0 atom stereocenters. The van der Waals surface area contributed by atoms with Gasteiger partial charge in [-0.3, -0.25) is 9.59 Å². The molecular weight excluding hydrogens is 314 g/mol. The van der Waals surface area contributed by atoms with E-state index in [1.165, 1.54) is 0 Å². The molecule has 0 unspecified atom stereocenters. The van der Waals surface area contributed by atoms with Crippen LogP contribution in [0.1, 0.15) is 31.8 Å². The average Bonchev–Trinajstić information content (AvgIpc) is 3.26. The molecule has 5 nitrogen and oxygen atoms in total. The van der Waals surface area contributed by atoms with Crippen LogP contribution in [0.3, 0.4) is 0 Å². The molecule has 2 N–H and O–H groups in total. The SMILES string of the molecule is O=C(Nc1ccc2c(c1)C(=O)NC2)c1ccc(Cn2cccc2)cc1. The van der Waals surface area contributed by atoms with E-state index in [9.17, 15) is 9.59 Å². The number of nitrogens with one attached hydrogen (secondary N) is 2. The number of hydrogen-bond donors (Lipinski definition) is 2. The quantitative estimate of drug-likeness (QED) is 0.772. The zero-order valence-electron chi connectivity index (χ0n) is 13.5. The Kier molecular flexibility index (Phi) is 3.82. The van der Waals surface area contributed by atoms with Crippen LogP contribution < -0.4 is 10.6 Å². The molecule has 4 rings (SSSR count). The Morgan fingerprint density at radius 2 is 1.84 bits per heavy atom. The molecule has 25 heavy (non-hydrogen) atoms. The first-order valence-electron chi connectivity index (χ1n) is 8.11.